The Labute approximate surface area is 189 Å². The molecule has 0 fully saturated rings. The number of halogens is 1. The molecule has 0 heterocycles. The highest BCUT2D eigenvalue weighted by atomic mass is 35.5. The first-order valence-corrected chi connectivity index (χ1v) is 11.1. The summed E-state index contributed by atoms with van der Waals surface area (Å²) in [5, 5.41) is 13.9. The largest absolute Gasteiger partial charge is 0.452 e. The van der Waals surface area contributed by atoms with Crippen LogP contribution in [0.15, 0.2) is 47.9 Å². The smallest absolute Gasteiger partial charge is 0.321 e. The number of nitrogens with zero attached hydrogens (tertiary/aromatic N) is 1. The van der Waals surface area contributed by atoms with Crippen LogP contribution in [-0.4, -0.2) is 37.9 Å². The highest BCUT2D eigenvalue weighted by molar-refractivity contribution is 7.92. The highest BCUT2D eigenvalue weighted by Crippen LogP contribution is 2.26. The van der Waals surface area contributed by atoms with E-state index in [2.05, 4.69) is 10.0 Å². The first-order valence-electron chi connectivity index (χ1n) is 9.15. The van der Waals surface area contributed by atoms with Gasteiger partial charge in [0, 0.05) is 17.5 Å². The molecule has 0 saturated heterocycles. The summed E-state index contributed by atoms with van der Waals surface area (Å²) in [4.78, 5) is 34.2. The van der Waals surface area contributed by atoms with Gasteiger partial charge in [0.1, 0.15) is 6.54 Å². The lowest BCUT2D eigenvalue weighted by Crippen LogP contribution is -2.35. The van der Waals surface area contributed by atoms with Gasteiger partial charge in [-0.15, -0.1) is 0 Å². The van der Waals surface area contributed by atoms with E-state index in [4.69, 9.17) is 16.3 Å². The summed E-state index contributed by atoms with van der Waals surface area (Å²) < 4.78 is 31.0. The second-order valence-electron chi connectivity index (χ2n) is 6.62. The molecule has 0 aliphatic heterocycles. The molecule has 0 aromatic heterocycles. The van der Waals surface area contributed by atoms with Gasteiger partial charge in [-0.05, 0) is 31.6 Å². The first kappa shape index (κ1) is 25.0. The summed E-state index contributed by atoms with van der Waals surface area (Å²) in [5.41, 5.74) is 1.53. The average Bonchev–Trinajstić information content (AvgIpc) is 2.73. The van der Waals surface area contributed by atoms with Crippen LogP contribution in [0.5, 0.6) is 0 Å². The third-order valence-corrected chi connectivity index (χ3v) is 5.39. The van der Waals surface area contributed by atoms with Gasteiger partial charge in [0.05, 0.1) is 15.6 Å². The van der Waals surface area contributed by atoms with E-state index in [-0.39, 0.29) is 16.4 Å². The zero-order valence-electron chi connectivity index (χ0n) is 17.1. The van der Waals surface area contributed by atoms with E-state index in [9.17, 15) is 28.1 Å². The van der Waals surface area contributed by atoms with Crippen molar-refractivity contribution < 1.29 is 27.7 Å². The number of hydrogen-bond donors (Lipinski definition) is 2. The second-order valence-corrected chi connectivity index (χ2v) is 8.68. The van der Waals surface area contributed by atoms with Gasteiger partial charge in [0.15, 0.2) is 6.10 Å². The van der Waals surface area contributed by atoms with Crippen molar-refractivity contribution in [2.45, 2.75) is 20.0 Å². The van der Waals surface area contributed by atoms with Crippen molar-refractivity contribution in [1.29, 1.82) is 0 Å². The molecule has 1 atom stereocenters. The standard InChI is InChI=1S/C20H20ClN3O7S/c1-13-3-5-15(6-4-13)9-10-32(29,30)22-12-19(25)31-14(2)20(26)23-18-8-7-16(24(27)28)11-17(18)21/h3-11,14,22H,12H2,1-2H3,(H,23,26)/b10-9+. The fourth-order valence-corrected chi connectivity index (χ4v) is 3.27. The van der Waals surface area contributed by atoms with Gasteiger partial charge in [0.2, 0.25) is 10.0 Å². The summed E-state index contributed by atoms with van der Waals surface area (Å²) in [5.74, 6) is -1.73. The van der Waals surface area contributed by atoms with E-state index in [0.717, 1.165) is 23.1 Å². The van der Waals surface area contributed by atoms with Gasteiger partial charge in [-0.1, -0.05) is 41.4 Å². The van der Waals surface area contributed by atoms with E-state index in [1.54, 1.807) is 12.1 Å². The molecule has 2 aromatic carbocycles. The van der Waals surface area contributed by atoms with Gasteiger partial charge in [-0.25, -0.2) is 13.1 Å². The topological polar surface area (TPSA) is 145 Å². The number of amides is 1. The molecule has 10 nitrogen and oxygen atoms in total. The van der Waals surface area contributed by atoms with Crippen LogP contribution in [0.4, 0.5) is 11.4 Å². The van der Waals surface area contributed by atoms with Crippen LogP contribution in [0.25, 0.3) is 6.08 Å². The second kappa shape index (κ2) is 10.8. The number of anilines is 1. The van der Waals surface area contributed by atoms with Gasteiger partial charge in [-0.3, -0.25) is 19.7 Å². The van der Waals surface area contributed by atoms with Crippen LogP contribution in [0.2, 0.25) is 5.02 Å². The summed E-state index contributed by atoms with van der Waals surface area (Å²) >= 11 is 5.90. The first-order chi connectivity index (χ1) is 15.0. The summed E-state index contributed by atoms with van der Waals surface area (Å²) in [6.07, 6.45) is 0.0956. The SMILES string of the molecule is Cc1ccc(/C=C/S(=O)(=O)NCC(=O)OC(C)C(=O)Nc2ccc([N+](=O)[O-])cc2Cl)cc1. The molecule has 0 radical (unpaired) electrons. The number of non-ortho nitro benzene ring substituents is 1. The minimum Gasteiger partial charge on any atom is -0.452 e. The predicted octanol–water partition coefficient (Wildman–Crippen LogP) is 3.02. The average molecular weight is 482 g/mol. The van der Waals surface area contributed by atoms with Crippen LogP contribution in [0, 0.1) is 17.0 Å². The highest BCUT2D eigenvalue weighted by Gasteiger charge is 2.20. The Bertz CT molecular complexity index is 1150. The van der Waals surface area contributed by atoms with Crippen molar-refractivity contribution in [3.63, 3.8) is 0 Å². The quantitative estimate of drug-likeness (QED) is 0.318. The maximum atomic E-state index is 12.2. The van der Waals surface area contributed by atoms with E-state index in [1.807, 2.05) is 19.1 Å². The van der Waals surface area contributed by atoms with Gasteiger partial charge in [0.25, 0.3) is 11.6 Å². The van der Waals surface area contributed by atoms with Crippen molar-refractivity contribution in [3.05, 3.63) is 74.1 Å². The molecule has 2 aromatic rings. The lowest BCUT2D eigenvalue weighted by Gasteiger charge is -2.14. The van der Waals surface area contributed by atoms with Gasteiger partial charge >= 0.3 is 5.97 Å². The molecule has 1 amide bonds. The molecule has 170 valence electrons. The van der Waals surface area contributed by atoms with E-state index >= 15 is 0 Å². The molecule has 2 N–H and O–H groups in total. The van der Waals surface area contributed by atoms with Crippen LogP contribution in [-0.2, 0) is 24.3 Å². The lowest BCUT2D eigenvalue weighted by molar-refractivity contribution is -0.384. The van der Waals surface area contributed by atoms with Crippen molar-refractivity contribution in [2.75, 3.05) is 11.9 Å². The number of nitrogens with one attached hydrogen (secondary N) is 2. The number of carbonyl (C=O) groups is 2. The van der Waals surface area contributed by atoms with Gasteiger partial charge in [-0.2, -0.15) is 0 Å². The number of nitro benzene ring substituents is 1. The number of benzene rings is 2. The molecule has 1 unspecified atom stereocenters. The Morgan fingerprint density at radius 3 is 2.47 bits per heavy atom. The van der Waals surface area contributed by atoms with Crippen molar-refractivity contribution >= 4 is 51.0 Å². The molecule has 0 spiro atoms. The molecule has 0 saturated carbocycles. The number of rotatable bonds is 9. The van der Waals surface area contributed by atoms with E-state index < -0.39 is 39.5 Å². The summed E-state index contributed by atoms with van der Waals surface area (Å²) in [6.45, 7) is 2.49. The Morgan fingerprint density at radius 1 is 1.22 bits per heavy atom. The predicted molar refractivity (Wildman–Crippen MR) is 119 cm³/mol. The maximum Gasteiger partial charge on any atom is 0.321 e. The zero-order valence-corrected chi connectivity index (χ0v) is 18.6. The van der Waals surface area contributed by atoms with Crippen molar-refractivity contribution in [2.24, 2.45) is 0 Å². The van der Waals surface area contributed by atoms with Crippen molar-refractivity contribution in [1.82, 2.24) is 4.72 Å². The Kier molecular flexibility index (Phi) is 8.47. The minimum absolute atomic E-state index is 0.0702. The van der Waals surface area contributed by atoms with Crippen LogP contribution < -0.4 is 10.0 Å². The molecular formula is C20H20ClN3O7S. The van der Waals surface area contributed by atoms with Gasteiger partial charge < -0.3 is 10.1 Å². The van der Waals surface area contributed by atoms with E-state index in [0.29, 0.717) is 5.56 Å². The summed E-state index contributed by atoms with van der Waals surface area (Å²) in [6, 6.07) is 10.6. The normalized spacial score (nSPS) is 12.3. The zero-order chi connectivity index (χ0) is 23.9. The van der Waals surface area contributed by atoms with Crippen LogP contribution in [0.1, 0.15) is 18.1 Å². The third-order valence-electron chi connectivity index (χ3n) is 4.03. The monoisotopic (exact) mass is 481 g/mol. The number of carbonyl (C=O) groups excluding carboxylic acids is 2. The molecule has 0 aliphatic rings. The number of ether oxygens (including phenoxy) is 1. The Hall–Kier alpha value is -3.28. The summed E-state index contributed by atoms with van der Waals surface area (Å²) in [7, 11) is -3.91. The molecule has 0 bridgehead atoms. The van der Waals surface area contributed by atoms with Crippen LogP contribution >= 0.6 is 11.6 Å². The Balaban J connectivity index is 1.87. The fraction of sp³-hybridized carbons (Fsp3) is 0.200. The lowest BCUT2D eigenvalue weighted by atomic mass is 10.2. The number of aryl methyl sites for hydroxylation is 1. The molecule has 0 aliphatic carbocycles. The molecule has 32 heavy (non-hydrogen) atoms. The Morgan fingerprint density at radius 2 is 1.88 bits per heavy atom. The van der Waals surface area contributed by atoms with Crippen LogP contribution in [0.3, 0.4) is 0 Å². The number of esters is 1. The minimum atomic E-state index is -3.91. The third kappa shape index (κ3) is 7.76. The maximum absolute atomic E-state index is 12.2. The van der Waals surface area contributed by atoms with Crippen molar-refractivity contribution in [3.8, 4) is 0 Å². The number of hydrogen-bond acceptors (Lipinski definition) is 7. The number of nitro groups is 1. The number of sulfonamides is 1. The molecule has 2 rings (SSSR count). The van der Waals surface area contributed by atoms with E-state index in [1.165, 1.54) is 19.1 Å². The fourth-order valence-electron chi connectivity index (χ4n) is 2.30. The molecule has 12 heteroatoms. The molecular weight excluding hydrogens is 462 g/mol.